The van der Waals surface area contributed by atoms with E-state index < -0.39 is 18.3 Å². The second kappa shape index (κ2) is 5.61. The summed E-state index contributed by atoms with van der Waals surface area (Å²) in [5.74, 6) is 0.287. The predicted octanol–water partition coefficient (Wildman–Crippen LogP) is 1.46. The first kappa shape index (κ1) is 16.2. The summed E-state index contributed by atoms with van der Waals surface area (Å²) in [4.78, 5) is 4.25. The van der Waals surface area contributed by atoms with E-state index in [1.54, 1.807) is 40.0 Å². The van der Waals surface area contributed by atoms with Crippen LogP contribution in [0.3, 0.4) is 0 Å². The van der Waals surface area contributed by atoms with Crippen LogP contribution < -0.4 is 5.46 Å². The summed E-state index contributed by atoms with van der Waals surface area (Å²) in [7, 11) is -1.08. The van der Waals surface area contributed by atoms with Gasteiger partial charge in [0.25, 0.3) is 0 Å². The molecule has 1 aromatic rings. The van der Waals surface area contributed by atoms with Crippen LogP contribution in [0.25, 0.3) is 0 Å². The van der Waals surface area contributed by atoms with E-state index in [9.17, 15) is 10.1 Å². The maximum atomic E-state index is 10.2. The molecule has 4 nitrogen and oxygen atoms in total. The van der Waals surface area contributed by atoms with Crippen LogP contribution in [-0.4, -0.2) is 33.4 Å². The lowest BCUT2D eigenvalue weighted by Crippen LogP contribution is -2.53. The third kappa shape index (κ3) is 4.03. The minimum absolute atomic E-state index is 0.287. The van der Waals surface area contributed by atoms with Gasteiger partial charge in [-0.15, -0.1) is 0 Å². The summed E-state index contributed by atoms with van der Waals surface area (Å²) in [5.41, 5.74) is -0.368. The minimum Gasteiger partial charge on any atom is -0.423 e. The maximum Gasteiger partial charge on any atom is 0.491 e. The largest absolute Gasteiger partial charge is 0.491 e. The van der Waals surface area contributed by atoms with E-state index in [4.69, 9.17) is 4.65 Å². The zero-order chi connectivity index (χ0) is 14.8. The van der Waals surface area contributed by atoms with Crippen LogP contribution in [0.4, 0.5) is 0 Å². The zero-order valence-electron chi connectivity index (χ0n) is 12.6. The van der Waals surface area contributed by atoms with Crippen LogP contribution in [0.15, 0.2) is 18.3 Å². The lowest BCUT2D eigenvalue weighted by atomic mass is 9.76. The highest BCUT2D eigenvalue weighted by molar-refractivity contribution is 6.60. The molecule has 1 aromatic heterocycles. The van der Waals surface area contributed by atoms with Gasteiger partial charge in [0.1, 0.15) is 0 Å². The van der Waals surface area contributed by atoms with E-state index in [1.165, 1.54) is 0 Å². The Hall–Kier alpha value is -0.905. The Morgan fingerprint density at radius 2 is 1.84 bits per heavy atom. The Kier molecular flexibility index (Phi) is 4.77. The van der Waals surface area contributed by atoms with Gasteiger partial charge in [0.2, 0.25) is 0 Å². The summed E-state index contributed by atoms with van der Waals surface area (Å²) in [6.07, 6.45) is 1.66. The molecule has 0 fully saturated rings. The van der Waals surface area contributed by atoms with Crippen molar-refractivity contribution in [2.45, 2.75) is 58.7 Å². The molecule has 2 N–H and O–H groups in total. The highest BCUT2D eigenvalue weighted by Crippen LogP contribution is 2.25. The van der Waals surface area contributed by atoms with Crippen molar-refractivity contribution in [1.82, 2.24) is 4.98 Å². The van der Waals surface area contributed by atoms with Crippen LogP contribution in [0, 0.1) is 0 Å². The van der Waals surface area contributed by atoms with Gasteiger partial charge in [0.15, 0.2) is 0 Å². The highest BCUT2D eigenvalue weighted by atomic mass is 16.5. The molecule has 106 valence electrons. The van der Waals surface area contributed by atoms with Crippen molar-refractivity contribution in [3.8, 4) is 0 Å². The average Bonchev–Trinajstić information content (AvgIpc) is 2.27. The van der Waals surface area contributed by atoms with Crippen molar-refractivity contribution in [3.05, 3.63) is 24.0 Å². The standard InChI is InChI=1S/C14H24BNO3/c1-10(2)12-9-11(7-8-16-12)15(18)19-14(5,6)13(3,4)17/h7-10,17-18H,1-6H3. The van der Waals surface area contributed by atoms with Crippen molar-refractivity contribution in [2.75, 3.05) is 0 Å². The Labute approximate surface area is 116 Å². The molecule has 0 aromatic carbocycles. The number of pyridine rings is 1. The van der Waals surface area contributed by atoms with Gasteiger partial charge in [0, 0.05) is 11.9 Å². The second-order valence-corrected chi connectivity index (χ2v) is 6.21. The minimum atomic E-state index is -1.08. The predicted molar refractivity (Wildman–Crippen MR) is 77.4 cm³/mol. The number of hydrogen-bond donors (Lipinski definition) is 2. The van der Waals surface area contributed by atoms with Gasteiger partial charge < -0.3 is 14.8 Å². The third-order valence-electron chi connectivity index (χ3n) is 3.56. The van der Waals surface area contributed by atoms with E-state index in [-0.39, 0.29) is 5.92 Å². The molecule has 0 atom stereocenters. The molecule has 0 aliphatic heterocycles. The monoisotopic (exact) mass is 265 g/mol. The van der Waals surface area contributed by atoms with E-state index in [1.807, 2.05) is 19.9 Å². The average molecular weight is 265 g/mol. The van der Waals surface area contributed by atoms with Gasteiger partial charge >= 0.3 is 7.12 Å². The first-order chi connectivity index (χ1) is 8.54. The highest BCUT2D eigenvalue weighted by Gasteiger charge is 2.39. The molecule has 0 saturated heterocycles. The quantitative estimate of drug-likeness (QED) is 0.791. The fourth-order valence-corrected chi connectivity index (χ4v) is 1.43. The molecule has 5 heteroatoms. The summed E-state index contributed by atoms with van der Waals surface area (Å²) in [5, 5.41) is 20.2. The van der Waals surface area contributed by atoms with E-state index in [2.05, 4.69) is 4.98 Å². The van der Waals surface area contributed by atoms with Crippen LogP contribution in [0.2, 0.25) is 0 Å². The van der Waals surface area contributed by atoms with Gasteiger partial charge in [-0.05, 0) is 51.2 Å². The third-order valence-corrected chi connectivity index (χ3v) is 3.56. The first-order valence-electron chi connectivity index (χ1n) is 6.58. The van der Waals surface area contributed by atoms with E-state index in [0.29, 0.717) is 5.46 Å². The van der Waals surface area contributed by atoms with Crippen molar-refractivity contribution >= 4 is 12.6 Å². The van der Waals surface area contributed by atoms with E-state index in [0.717, 1.165) is 5.69 Å². The fraction of sp³-hybridized carbons (Fsp3) is 0.643. The summed E-state index contributed by atoms with van der Waals surface area (Å²) >= 11 is 0. The molecule has 0 aliphatic rings. The van der Waals surface area contributed by atoms with Crippen molar-refractivity contribution in [1.29, 1.82) is 0 Å². The second-order valence-electron chi connectivity index (χ2n) is 6.21. The number of aliphatic hydroxyl groups is 1. The van der Waals surface area contributed by atoms with Gasteiger partial charge in [-0.2, -0.15) is 0 Å². The smallest absolute Gasteiger partial charge is 0.423 e. The fourth-order valence-electron chi connectivity index (χ4n) is 1.43. The molecule has 1 rings (SSSR count). The normalized spacial score (nSPS) is 12.9. The molecule has 0 unspecified atom stereocenters. The lowest BCUT2D eigenvalue weighted by Gasteiger charge is -2.38. The molecule has 0 bridgehead atoms. The maximum absolute atomic E-state index is 10.2. The molecule has 1 heterocycles. The molecule has 0 saturated carbocycles. The Morgan fingerprint density at radius 1 is 1.26 bits per heavy atom. The first-order valence-corrected chi connectivity index (χ1v) is 6.58. The van der Waals surface area contributed by atoms with Gasteiger partial charge in [-0.1, -0.05) is 13.8 Å². The van der Waals surface area contributed by atoms with Crippen molar-refractivity contribution < 1.29 is 14.8 Å². The molecule has 0 amide bonds. The van der Waals surface area contributed by atoms with Crippen LogP contribution in [-0.2, 0) is 4.65 Å². The summed E-state index contributed by atoms with van der Waals surface area (Å²) in [6, 6.07) is 3.55. The topological polar surface area (TPSA) is 62.6 Å². The van der Waals surface area contributed by atoms with Gasteiger partial charge in [0.05, 0.1) is 11.2 Å². The Balaban J connectivity index is 2.90. The Bertz CT molecular complexity index is 427. The van der Waals surface area contributed by atoms with Crippen molar-refractivity contribution in [2.24, 2.45) is 0 Å². The van der Waals surface area contributed by atoms with Crippen molar-refractivity contribution in [3.63, 3.8) is 0 Å². The number of hydrogen-bond acceptors (Lipinski definition) is 4. The zero-order valence-corrected chi connectivity index (χ0v) is 12.6. The van der Waals surface area contributed by atoms with Crippen LogP contribution in [0.5, 0.6) is 0 Å². The summed E-state index contributed by atoms with van der Waals surface area (Å²) in [6.45, 7) is 10.9. The number of aromatic nitrogens is 1. The molecule has 0 radical (unpaired) electrons. The molecule has 0 aliphatic carbocycles. The van der Waals surface area contributed by atoms with Gasteiger partial charge in [-0.3, -0.25) is 4.98 Å². The molecular weight excluding hydrogens is 241 g/mol. The number of rotatable bonds is 5. The molecule has 0 spiro atoms. The summed E-state index contributed by atoms with van der Waals surface area (Å²) < 4.78 is 5.60. The van der Waals surface area contributed by atoms with E-state index >= 15 is 0 Å². The number of nitrogens with zero attached hydrogens (tertiary/aromatic N) is 1. The Morgan fingerprint density at radius 3 is 2.32 bits per heavy atom. The van der Waals surface area contributed by atoms with Crippen LogP contribution >= 0.6 is 0 Å². The lowest BCUT2D eigenvalue weighted by molar-refractivity contribution is -0.0982. The van der Waals surface area contributed by atoms with Crippen LogP contribution in [0.1, 0.15) is 53.2 Å². The molecule has 19 heavy (non-hydrogen) atoms. The SMILES string of the molecule is CC(C)c1cc(B(O)OC(C)(C)C(C)(C)O)ccn1. The molecular formula is C14H24BNO3. The van der Waals surface area contributed by atoms with Gasteiger partial charge in [-0.25, -0.2) is 0 Å².